The molecule has 1 spiro atoms. The van der Waals surface area contributed by atoms with Crippen molar-refractivity contribution in [1.29, 1.82) is 0 Å². The van der Waals surface area contributed by atoms with Crippen LogP contribution >= 0.6 is 11.6 Å². The summed E-state index contributed by atoms with van der Waals surface area (Å²) in [5.74, 6) is 0.0722. The maximum Gasteiger partial charge on any atom is 0.326 e. The van der Waals surface area contributed by atoms with Gasteiger partial charge < -0.3 is 14.8 Å². The molecule has 0 aromatic heterocycles. The zero-order valence-corrected chi connectivity index (χ0v) is 16.2. The molecule has 1 heterocycles. The third-order valence-corrected chi connectivity index (χ3v) is 5.53. The summed E-state index contributed by atoms with van der Waals surface area (Å²) < 4.78 is 10.4. The van der Waals surface area contributed by atoms with Crippen LogP contribution in [-0.4, -0.2) is 42.0 Å². The summed E-state index contributed by atoms with van der Waals surface area (Å²) in [5, 5.41) is 3.28. The smallest absolute Gasteiger partial charge is 0.326 e. The molecule has 3 amide bonds. The van der Waals surface area contributed by atoms with Gasteiger partial charge in [0.1, 0.15) is 24.4 Å². The minimum atomic E-state index is -0.861. The molecule has 1 N–H and O–H groups in total. The molecule has 1 saturated heterocycles. The monoisotopic (exact) mass is 394 g/mol. The number of urea groups is 1. The van der Waals surface area contributed by atoms with E-state index in [1.54, 1.807) is 18.2 Å². The molecule has 0 atom stereocenters. The van der Waals surface area contributed by atoms with Crippen LogP contribution in [0.15, 0.2) is 18.2 Å². The Balaban J connectivity index is 1.60. The van der Waals surface area contributed by atoms with Crippen LogP contribution in [0.5, 0.6) is 5.75 Å². The van der Waals surface area contributed by atoms with Gasteiger partial charge in [-0.2, -0.15) is 0 Å². The molecule has 0 radical (unpaired) electrons. The highest BCUT2D eigenvalue weighted by atomic mass is 35.5. The number of benzene rings is 1. The Kier molecular flexibility index (Phi) is 5.60. The normalized spacial score (nSPS) is 24.9. The summed E-state index contributed by atoms with van der Waals surface area (Å²) in [6.45, 7) is 1.66. The number of nitrogens with zero attached hydrogens (tertiary/aromatic N) is 1. The van der Waals surface area contributed by atoms with E-state index in [0.29, 0.717) is 35.1 Å². The Morgan fingerprint density at radius 1 is 1.33 bits per heavy atom. The van der Waals surface area contributed by atoms with Crippen molar-refractivity contribution in [3.05, 3.63) is 28.8 Å². The van der Waals surface area contributed by atoms with Crippen LogP contribution in [0.4, 0.5) is 4.79 Å². The number of halogens is 1. The molecule has 2 fully saturated rings. The number of imide groups is 1. The molecular weight excluding hydrogens is 372 g/mol. The standard InChI is InChI=1S/C19H23ClN2O5/c1-12-5-7-19(8-6-12)17(24)22(18(25)21-19)10-16(23)27-11-13-9-14(20)3-4-15(13)26-2/h3-4,9,12H,5-8,10-11H2,1-2H3,(H,21,25). The largest absolute Gasteiger partial charge is 0.496 e. The summed E-state index contributed by atoms with van der Waals surface area (Å²) >= 11 is 5.96. The highest BCUT2D eigenvalue weighted by molar-refractivity contribution is 6.30. The average Bonchev–Trinajstić information content (AvgIpc) is 2.87. The highest BCUT2D eigenvalue weighted by Gasteiger charge is 2.52. The number of hydrogen-bond donors (Lipinski definition) is 1. The summed E-state index contributed by atoms with van der Waals surface area (Å²) in [6.07, 6.45) is 2.95. The highest BCUT2D eigenvalue weighted by Crippen LogP contribution is 2.36. The molecule has 2 aliphatic rings. The minimum Gasteiger partial charge on any atom is -0.496 e. The molecule has 27 heavy (non-hydrogen) atoms. The van der Waals surface area contributed by atoms with E-state index in [1.807, 2.05) is 0 Å². The number of esters is 1. The molecule has 1 saturated carbocycles. The van der Waals surface area contributed by atoms with Crippen LogP contribution in [0.25, 0.3) is 0 Å². The Labute approximate surface area is 162 Å². The zero-order chi connectivity index (χ0) is 19.6. The molecule has 0 unspecified atom stereocenters. The minimum absolute atomic E-state index is 0.0606. The fourth-order valence-electron chi connectivity index (χ4n) is 3.61. The lowest BCUT2D eigenvalue weighted by Gasteiger charge is -2.33. The first-order valence-corrected chi connectivity index (χ1v) is 9.34. The van der Waals surface area contributed by atoms with Gasteiger partial charge in [-0.1, -0.05) is 18.5 Å². The van der Waals surface area contributed by atoms with Crippen LogP contribution < -0.4 is 10.1 Å². The van der Waals surface area contributed by atoms with Crippen molar-refractivity contribution in [3.63, 3.8) is 0 Å². The molecule has 146 valence electrons. The third-order valence-electron chi connectivity index (χ3n) is 5.29. The van der Waals surface area contributed by atoms with Crippen molar-refractivity contribution in [2.45, 2.75) is 44.8 Å². The van der Waals surface area contributed by atoms with E-state index in [2.05, 4.69) is 12.2 Å². The second-order valence-electron chi connectivity index (χ2n) is 7.20. The predicted molar refractivity (Wildman–Crippen MR) is 98.4 cm³/mol. The Morgan fingerprint density at radius 2 is 2.04 bits per heavy atom. The quantitative estimate of drug-likeness (QED) is 0.613. The van der Waals surface area contributed by atoms with Crippen molar-refractivity contribution in [2.75, 3.05) is 13.7 Å². The fraction of sp³-hybridized carbons (Fsp3) is 0.526. The average molecular weight is 395 g/mol. The van der Waals surface area contributed by atoms with Crippen molar-refractivity contribution in [3.8, 4) is 5.75 Å². The van der Waals surface area contributed by atoms with Crippen molar-refractivity contribution in [1.82, 2.24) is 10.2 Å². The Bertz CT molecular complexity index is 758. The predicted octanol–water partition coefficient (Wildman–Crippen LogP) is 2.89. The second-order valence-corrected chi connectivity index (χ2v) is 7.64. The van der Waals surface area contributed by atoms with Crippen LogP contribution in [0.1, 0.15) is 38.2 Å². The molecule has 3 rings (SSSR count). The van der Waals surface area contributed by atoms with E-state index in [9.17, 15) is 14.4 Å². The summed E-state index contributed by atoms with van der Waals surface area (Å²) in [5.41, 5.74) is -0.256. The molecule has 1 aromatic rings. The number of rotatable bonds is 5. The fourth-order valence-corrected chi connectivity index (χ4v) is 3.80. The summed E-state index contributed by atoms with van der Waals surface area (Å²) in [7, 11) is 1.51. The first-order valence-electron chi connectivity index (χ1n) is 8.97. The summed E-state index contributed by atoms with van der Waals surface area (Å²) in [6, 6.07) is 4.45. The van der Waals surface area contributed by atoms with Crippen molar-refractivity contribution in [2.24, 2.45) is 5.92 Å². The van der Waals surface area contributed by atoms with Gasteiger partial charge in [0.25, 0.3) is 5.91 Å². The maximum absolute atomic E-state index is 12.8. The number of hydrogen-bond acceptors (Lipinski definition) is 5. The molecule has 7 nitrogen and oxygen atoms in total. The number of nitrogens with one attached hydrogen (secondary N) is 1. The molecular formula is C19H23ClN2O5. The molecule has 0 bridgehead atoms. The SMILES string of the molecule is COc1ccc(Cl)cc1COC(=O)CN1C(=O)NC2(CCC(C)CC2)C1=O. The number of carbonyl (C=O) groups excluding carboxylic acids is 3. The van der Waals surface area contributed by atoms with Crippen LogP contribution in [-0.2, 0) is 20.9 Å². The molecule has 1 aliphatic heterocycles. The van der Waals surface area contributed by atoms with Crippen molar-refractivity contribution >= 4 is 29.5 Å². The van der Waals surface area contributed by atoms with Gasteiger partial charge in [0.05, 0.1) is 7.11 Å². The van der Waals surface area contributed by atoms with E-state index < -0.39 is 24.1 Å². The van der Waals surface area contributed by atoms with Gasteiger partial charge in [0.15, 0.2) is 0 Å². The first-order chi connectivity index (χ1) is 12.8. The lowest BCUT2D eigenvalue weighted by atomic mass is 9.77. The topological polar surface area (TPSA) is 84.9 Å². The molecule has 1 aromatic carbocycles. The van der Waals surface area contributed by atoms with E-state index >= 15 is 0 Å². The van der Waals surface area contributed by atoms with Gasteiger partial charge >= 0.3 is 12.0 Å². The Morgan fingerprint density at radius 3 is 2.70 bits per heavy atom. The zero-order valence-electron chi connectivity index (χ0n) is 15.4. The van der Waals surface area contributed by atoms with Gasteiger partial charge in [-0.15, -0.1) is 0 Å². The first kappa shape index (κ1) is 19.5. The lowest BCUT2D eigenvalue weighted by molar-refractivity contribution is -0.149. The van der Waals surface area contributed by atoms with E-state index in [-0.39, 0.29) is 12.5 Å². The van der Waals surface area contributed by atoms with E-state index in [0.717, 1.165) is 17.7 Å². The van der Waals surface area contributed by atoms with E-state index in [4.69, 9.17) is 21.1 Å². The maximum atomic E-state index is 12.8. The number of ether oxygens (including phenoxy) is 2. The van der Waals surface area contributed by atoms with Gasteiger partial charge in [-0.05, 0) is 49.8 Å². The van der Waals surface area contributed by atoms with Crippen molar-refractivity contribution < 1.29 is 23.9 Å². The van der Waals surface area contributed by atoms with Crippen LogP contribution in [0, 0.1) is 5.92 Å². The van der Waals surface area contributed by atoms with Gasteiger partial charge in [0, 0.05) is 10.6 Å². The van der Waals surface area contributed by atoms with Crippen LogP contribution in [0.3, 0.4) is 0 Å². The number of methoxy groups -OCH3 is 1. The number of carbonyl (C=O) groups is 3. The van der Waals surface area contributed by atoms with Gasteiger partial charge in [-0.25, -0.2) is 4.79 Å². The third kappa shape index (κ3) is 4.03. The lowest BCUT2D eigenvalue weighted by Crippen LogP contribution is -2.49. The number of amides is 3. The van der Waals surface area contributed by atoms with E-state index in [1.165, 1.54) is 7.11 Å². The Hall–Kier alpha value is -2.28. The molecule has 1 aliphatic carbocycles. The summed E-state index contributed by atoms with van der Waals surface area (Å²) in [4.78, 5) is 38.1. The van der Waals surface area contributed by atoms with Crippen LogP contribution in [0.2, 0.25) is 5.02 Å². The van der Waals surface area contributed by atoms with Gasteiger partial charge in [0.2, 0.25) is 0 Å². The molecule has 8 heteroatoms. The second kappa shape index (κ2) is 7.76. The van der Waals surface area contributed by atoms with Gasteiger partial charge in [-0.3, -0.25) is 14.5 Å².